The molecule has 0 aliphatic heterocycles. The molecule has 3 aromatic rings. The first-order valence-corrected chi connectivity index (χ1v) is 11.8. The summed E-state index contributed by atoms with van der Waals surface area (Å²) < 4.78 is 11.4. The summed E-state index contributed by atoms with van der Waals surface area (Å²) in [6.45, 7) is 13.6. The molecule has 0 saturated heterocycles. The van der Waals surface area contributed by atoms with Crippen LogP contribution in [0.5, 0.6) is 11.5 Å². The fourth-order valence-corrected chi connectivity index (χ4v) is 4.47. The fourth-order valence-electron chi connectivity index (χ4n) is 4.47. The van der Waals surface area contributed by atoms with Crippen LogP contribution in [0.3, 0.4) is 0 Å². The van der Waals surface area contributed by atoms with Crippen LogP contribution < -0.4 is 14.9 Å². The molecule has 0 spiro atoms. The molecule has 1 amide bonds. The van der Waals surface area contributed by atoms with Crippen molar-refractivity contribution in [3.63, 3.8) is 0 Å². The third kappa shape index (κ3) is 6.83. The smallest absolute Gasteiger partial charge is 0.277 e. The van der Waals surface area contributed by atoms with Gasteiger partial charge in [-0.1, -0.05) is 77.1 Å². The van der Waals surface area contributed by atoms with Gasteiger partial charge in [0.1, 0.15) is 11.5 Å². The van der Waals surface area contributed by atoms with E-state index >= 15 is 0 Å². The predicted octanol–water partition coefficient (Wildman–Crippen LogP) is 6.48. The van der Waals surface area contributed by atoms with Gasteiger partial charge in [-0.15, -0.1) is 0 Å². The summed E-state index contributed by atoms with van der Waals surface area (Å²) in [6.07, 6.45) is 2.69. The molecule has 3 aromatic carbocycles. The molecule has 0 saturated carbocycles. The van der Waals surface area contributed by atoms with Crippen molar-refractivity contribution in [1.82, 2.24) is 5.43 Å². The van der Waals surface area contributed by atoms with E-state index in [-0.39, 0.29) is 23.3 Å². The maximum absolute atomic E-state index is 12.3. The molecule has 3 rings (SSSR count). The minimum Gasteiger partial charge on any atom is -0.493 e. The second kappa shape index (κ2) is 10.7. The van der Waals surface area contributed by atoms with Crippen LogP contribution in [0, 0.1) is 5.41 Å². The van der Waals surface area contributed by atoms with Crippen LogP contribution in [-0.2, 0) is 10.2 Å². The van der Waals surface area contributed by atoms with E-state index in [1.807, 2.05) is 55.5 Å². The summed E-state index contributed by atoms with van der Waals surface area (Å²) in [4.78, 5) is 12.3. The molecular formula is C29H36N2O3. The van der Waals surface area contributed by atoms with Gasteiger partial charge < -0.3 is 9.47 Å². The van der Waals surface area contributed by atoms with Crippen LogP contribution in [0.25, 0.3) is 10.8 Å². The summed E-state index contributed by atoms with van der Waals surface area (Å²) in [6, 6.07) is 19.9. The SMILES string of the molecule is CCOc1ccc2ccccc2c1/C=N\NC(=O)COc1ccc(C(C)(C)CC(C)(C)C)cc1. The number of carbonyl (C=O) groups excluding carboxylic acids is 1. The number of hydrogen-bond acceptors (Lipinski definition) is 4. The van der Waals surface area contributed by atoms with Crippen molar-refractivity contribution >= 4 is 22.9 Å². The first-order valence-electron chi connectivity index (χ1n) is 11.8. The monoisotopic (exact) mass is 460 g/mol. The van der Waals surface area contributed by atoms with E-state index in [2.05, 4.69) is 57.3 Å². The molecule has 0 aromatic heterocycles. The van der Waals surface area contributed by atoms with E-state index in [0.717, 1.165) is 28.5 Å². The maximum atomic E-state index is 12.3. The number of nitrogens with one attached hydrogen (secondary N) is 1. The van der Waals surface area contributed by atoms with Gasteiger partial charge in [-0.2, -0.15) is 5.10 Å². The number of hydrogen-bond donors (Lipinski definition) is 1. The molecular weight excluding hydrogens is 424 g/mol. The number of benzene rings is 3. The van der Waals surface area contributed by atoms with Gasteiger partial charge in [0, 0.05) is 5.56 Å². The second-order valence-corrected chi connectivity index (χ2v) is 10.4. The molecule has 0 heterocycles. The van der Waals surface area contributed by atoms with E-state index in [9.17, 15) is 4.79 Å². The van der Waals surface area contributed by atoms with Crippen molar-refractivity contribution < 1.29 is 14.3 Å². The number of carbonyl (C=O) groups is 1. The zero-order chi connectivity index (χ0) is 24.8. The number of nitrogens with zero attached hydrogens (tertiary/aromatic N) is 1. The Balaban J connectivity index is 1.60. The Hall–Kier alpha value is -3.34. The molecule has 0 fully saturated rings. The van der Waals surface area contributed by atoms with Crippen molar-refractivity contribution in [2.45, 2.75) is 53.4 Å². The van der Waals surface area contributed by atoms with Crippen LogP contribution in [0.2, 0.25) is 0 Å². The molecule has 0 atom stereocenters. The summed E-state index contributed by atoms with van der Waals surface area (Å²) in [5.41, 5.74) is 4.93. The standard InChI is InChI=1S/C29H36N2O3/c1-7-33-26-17-12-21-10-8-9-11-24(21)25(26)18-30-31-27(32)19-34-23-15-13-22(14-16-23)29(5,6)20-28(2,3)4/h8-18H,7,19-20H2,1-6H3,(H,31,32)/b30-18-. The topological polar surface area (TPSA) is 59.9 Å². The van der Waals surface area contributed by atoms with Crippen molar-refractivity contribution in [2.75, 3.05) is 13.2 Å². The summed E-state index contributed by atoms with van der Waals surface area (Å²) >= 11 is 0. The van der Waals surface area contributed by atoms with Gasteiger partial charge in [-0.05, 0) is 58.7 Å². The quantitative estimate of drug-likeness (QED) is 0.294. The second-order valence-electron chi connectivity index (χ2n) is 10.4. The van der Waals surface area contributed by atoms with Crippen LogP contribution in [0.1, 0.15) is 59.1 Å². The lowest BCUT2D eigenvalue weighted by atomic mass is 9.72. The third-order valence-electron chi connectivity index (χ3n) is 5.59. The maximum Gasteiger partial charge on any atom is 0.277 e. The Labute approximate surface area is 203 Å². The number of amides is 1. The molecule has 5 heteroatoms. The van der Waals surface area contributed by atoms with Gasteiger partial charge in [-0.3, -0.25) is 4.79 Å². The van der Waals surface area contributed by atoms with Gasteiger partial charge in [-0.25, -0.2) is 5.43 Å². The Morgan fingerprint density at radius 1 is 0.941 bits per heavy atom. The average molecular weight is 461 g/mol. The van der Waals surface area contributed by atoms with Crippen LogP contribution in [0.15, 0.2) is 65.8 Å². The predicted molar refractivity (Wildman–Crippen MR) is 140 cm³/mol. The zero-order valence-corrected chi connectivity index (χ0v) is 21.1. The summed E-state index contributed by atoms with van der Waals surface area (Å²) in [5.74, 6) is 1.05. The molecule has 1 N–H and O–H groups in total. The minimum atomic E-state index is -0.327. The Kier molecular flexibility index (Phi) is 7.98. The number of rotatable bonds is 9. The van der Waals surface area contributed by atoms with Gasteiger partial charge in [0.05, 0.1) is 12.8 Å². The Morgan fingerprint density at radius 3 is 2.32 bits per heavy atom. The van der Waals surface area contributed by atoms with Gasteiger partial charge >= 0.3 is 0 Å². The molecule has 180 valence electrons. The largest absolute Gasteiger partial charge is 0.493 e. The van der Waals surface area contributed by atoms with Crippen LogP contribution in [-0.4, -0.2) is 25.3 Å². The number of hydrazone groups is 1. The zero-order valence-electron chi connectivity index (χ0n) is 21.1. The molecule has 0 aliphatic carbocycles. The first-order chi connectivity index (χ1) is 16.1. The van der Waals surface area contributed by atoms with Gasteiger partial charge in [0.15, 0.2) is 6.61 Å². The van der Waals surface area contributed by atoms with E-state index in [4.69, 9.17) is 9.47 Å². The summed E-state index contributed by atoms with van der Waals surface area (Å²) in [5, 5.41) is 6.23. The average Bonchev–Trinajstić information content (AvgIpc) is 2.78. The van der Waals surface area contributed by atoms with Gasteiger partial charge in [0.2, 0.25) is 0 Å². The van der Waals surface area contributed by atoms with Crippen LogP contribution in [0.4, 0.5) is 0 Å². The Morgan fingerprint density at radius 2 is 1.65 bits per heavy atom. The minimum absolute atomic E-state index is 0.0603. The Bertz CT molecular complexity index is 1140. The number of ether oxygens (including phenoxy) is 2. The number of fused-ring (bicyclic) bond motifs is 1. The molecule has 0 aliphatic rings. The van der Waals surface area contributed by atoms with E-state index in [1.54, 1.807) is 6.21 Å². The highest BCUT2D eigenvalue weighted by Gasteiger charge is 2.27. The molecule has 5 nitrogen and oxygen atoms in total. The highest BCUT2D eigenvalue weighted by Crippen LogP contribution is 2.36. The molecule has 0 unspecified atom stereocenters. The van der Waals surface area contributed by atoms with E-state index in [0.29, 0.717) is 12.4 Å². The lowest BCUT2D eigenvalue weighted by molar-refractivity contribution is -0.123. The molecule has 0 bridgehead atoms. The van der Waals surface area contributed by atoms with E-state index < -0.39 is 0 Å². The third-order valence-corrected chi connectivity index (χ3v) is 5.59. The molecule has 34 heavy (non-hydrogen) atoms. The van der Waals surface area contributed by atoms with Crippen LogP contribution >= 0.6 is 0 Å². The van der Waals surface area contributed by atoms with Crippen molar-refractivity contribution in [3.8, 4) is 11.5 Å². The van der Waals surface area contributed by atoms with Gasteiger partial charge in [0.25, 0.3) is 5.91 Å². The fraction of sp³-hybridized carbons (Fsp3) is 0.379. The lowest BCUT2D eigenvalue weighted by Gasteiger charge is -2.33. The van der Waals surface area contributed by atoms with Crippen molar-refractivity contribution in [1.29, 1.82) is 0 Å². The molecule has 0 radical (unpaired) electrons. The lowest BCUT2D eigenvalue weighted by Crippen LogP contribution is -2.25. The highest BCUT2D eigenvalue weighted by molar-refractivity contribution is 6.02. The van der Waals surface area contributed by atoms with E-state index in [1.165, 1.54) is 5.56 Å². The summed E-state index contributed by atoms with van der Waals surface area (Å²) in [7, 11) is 0. The normalized spacial score (nSPS) is 12.2. The van der Waals surface area contributed by atoms with Crippen molar-refractivity contribution in [3.05, 3.63) is 71.8 Å². The first kappa shape index (κ1) is 25.3. The highest BCUT2D eigenvalue weighted by atomic mass is 16.5. The van der Waals surface area contributed by atoms with Crippen molar-refractivity contribution in [2.24, 2.45) is 10.5 Å².